The number of benzene rings is 1. The third kappa shape index (κ3) is 2.93. The van der Waals surface area contributed by atoms with Gasteiger partial charge in [0.2, 0.25) is 5.88 Å². The molecule has 0 unspecified atom stereocenters. The molecule has 0 bridgehead atoms. The molecule has 110 valence electrons. The molecule has 2 N–H and O–H groups in total. The fourth-order valence-electron chi connectivity index (χ4n) is 2.78. The molecule has 0 atom stereocenters. The fourth-order valence-corrected chi connectivity index (χ4v) is 2.78. The first-order chi connectivity index (χ1) is 10.2. The Morgan fingerprint density at radius 2 is 2.10 bits per heavy atom. The summed E-state index contributed by atoms with van der Waals surface area (Å²) in [6.07, 6.45) is 3.33. The highest BCUT2D eigenvalue weighted by Crippen LogP contribution is 2.30. The average Bonchev–Trinajstić information content (AvgIpc) is 2.93. The summed E-state index contributed by atoms with van der Waals surface area (Å²) < 4.78 is 6.03. The number of pyridine rings is 1. The van der Waals surface area contributed by atoms with Crippen molar-refractivity contribution in [3.8, 4) is 11.6 Å². The van der Waals surface area contributed by atoms with Gasteiger partial charge in [-0.05, 0) is 54.5 Å². The van der Waals surface area contributed by atoms with Gasteiger partial charge in [0.05, 0.1) is 0 Å². The second-order valence-electron chi connectivity index (χ2n) is 5.95. The molecule has 3 nitrogen and oxygen atoms in total. The normalized spacial score (nSPS) is 13.5. The first kappa shape index (κ1) is 14.1. The monoisotopic (exact) mass is 282 g/mol. The zero-order chi connectivity index (χ0) is 14.8. The zero-order valence-electron chi connectivity index (χ0n) is 12.7. The SMILES string of the molecule is CC(C)c1cccc(Oc2nc3c(cc2CN)CCC3)c1. The van der Waals surface area contributed by atoms with E-state index in [0.29, 0.717) is 18.3 Å². The molecular formula is C18H22N2O. The Kier molecular flexibility index (Phi) is 3.93. The van der Waals surface area contributed by atoms with Crippen LogP contribution in [0.4, 0.5) is 0 Å². The summed E-state index contributed by atoms with van der Waals surface area (Å²) in [5, 5.41) is 0. The minimum absolute atomic E-state index is 0.458. The molecule has 1 aromatic carbocycles. The summed E-state index contributed by atoms with van der Waals surface area (Å²) in [6.45, 7) is 4.82. The fraction of sp³-hybridized carbons (Fsp3) is 0.389. The van der Waals surface area contributed by atoms with Crippen molar-refractivity contribution in [2.45, 2.75) is 45.6 Å². The maximum atomic E-state index is 6.03. The minimum atomic E-state index is 0.458. The molecule has 0 aliphatic heterocycles. The Bertz CT molecular complexity index is 650. The van der Waals surface area contributed by atoms with Gasteiger partial charge in [-0.2, -0.15) is 0 Å². The predicted octanol–water partition coefficient (Wildman–Crippen LogP) is 3.94. The number of hydrogen-bond donors (Lipinski definition) is 1. The lowest BCUT2D eigenvalue weighted by atomic mass is 10.0. The third-order valence-corrected chi connectivity index (χ3v) is 4.05. The summed E-state index contributed by atoms with van der Waals surface area (Å²) in [5.41, 5.74) is 10.6. The van der Waals surface area contributed by atoms with Crippen LogP contribution in [0.15, 0.2) is 30.3 Å². The van der Waals surface area contributed by atoms with Gasteiger partial charge in [0.25, 0.3) is 0 Å². The van der Waals surface area contributed by atoms with Gasteiger partial charge in [0, 0.05) is 17.8 Å². The number of hydrogen-bond acceptors (Lipinski definition) is 3. The summed E-state index contributed by atoms with van der Waals surface area (Å²) in [7, 11) is 0. The smallest absolute Gasteiger partial charge is 0.223 e. The molecule has 0 saturated heterocycles. The quantitative estimate of drug-likeness (QED) is 0.923. The van der Waals surface area contributed by atoms with Crippen LogP contribution in [0.1, 0.15) is 48.6 Å². The van der Waals surface area contributed by atoms with Crippen LogP contribution in [-0.2, 0) is 19.4 Å². The number of nitrogens with two attached hydrogens (primary N) is 1. The van der Waals surface area contributed by atoms with Crippen LogP contribution in [0.3, 0.4) is 0 Å². The first-order valence-corrected chi connectivity index (χ1v) is 7.67. The average molecular weight is 282 g/mol. The van der Waals surface area contributed by atoms with Crippen LogP contribution in [0, 0.1) is 0 Å². The van der Waals surface area contributed by atoms with Gasteiger partial charge in [0.15, 0.2) is 0 Å². The van der Waals surface area contributed by atoms with Crippen LogP contribution in [-0.4, -0.2) is 4.98 Å². The lowest BCUT2D eigenvalue weighted by Gasteiger charge is -2.13. The highest BCUT2D eigenvalue weighted by atomic mass is 16.5. The van der Waals surface area contributed by atoms with Crippen molar-refractivity contribution in [1.29, 1.82) is 0 Å². The highest BCUT2D eigenvalue weighted by molar-refractivity contribution is 5.40. The topological polar surface area (TPSA) is 48.1 Å². The van der Waals surface area contributed by atoms with E-state index in [2.05, 4.69) is 32.0 Å². The number of rotatable bonds is 4. The molecule has 0 radical (unpaired) electrons. The Morgan fingerprint density at radius 3 is 2.86 bits per heavy atom. The van der Waals surface area contributed by atoms with Gasteiger partial charge in [-0.1, -0.05) is 26.0 Å². The molecule has 1 aliphatic carbocycles. The second kappa shape index (κ2) is 5.86. The second-order valence-corrected chi connectivity index (χ2v) is 5.95. The first-order valence-electron chi connectivity index (χ1n) is 7.67. The maximum absolute atomic E-state index is 6.03. The Hall–Kier alpha value is -1.87. The maximum Gasteiger partial charge on any atom is 0.223 e. The van der Waals surface area contributed by atoms with E-state index in [1.54, 1.807) is 0 Å². The van der Waals surface area contributed by atoms with Gasteiger partial charge in [-0.3, -0.25) is 0 Å². The van der Waals surface area contributed by atoms with Crippen LogP contribution in [0.5, 0.6) is 11.6 Å². The van der Waals surface area contributed by atoms with E-state index in [-0.39, 0.29) is 0 Å². The lowest BCUT2D eigenvalue weighted by molar-refractivity contribution is 0.453. The number of aryl methyl sites for hydroxylation is 2. The minimum Gasteiger partial charge on any atom is -0.439 e. The molecule has 1 aliphatic rings. The molecule has 0 amide bonds. The third-order valence-electron chi connectivity index (χ3n) is 4.05. The van der Waals surface area contributed by atoms with E-state index in [4.69, 9.17) is 15.5 Å². The molecular weight excluding hydrogens is 260 g/mol. The molecule has 2 aromatic rings. The van der Waals surface area contributed by atoms with Gasteiger partial charge in [-0.15, -0.1) is 0 Å². The van der Waals surface area contributed by atoms with E-state index < -0.39 is 0 Å². The van der Waals surface area contributed by atoms with Crippen LogP contribution in [0.25, 0.3) is 0 Å². The van der Waals surface area contributed by atoms with Gasteiger partial charge in [0.1, 0.15) is 5.75 Å². The Balaban J connectivity index is 1.92. The Labute approximate surface area is 126 Å². The van der Waals surface area contributed by atoms with Crippen molar-refractivity contribution >= 4 is 0 Å². The number of fused-ring (bicyclic) bond motifs is 1. The molecule has 0 spiro atoms. The van der Waals surface area contributed by atoms with Gasteiger partial charge in [-0.25, -0.2) is 4.98 Å². The van der Waals surface area contributed by atoms with Crippen molar-refractivity contribution in [2.75, 3.05) is 0 Å². The van der Waals surface area contributed by atoms with E-state index in [0.717, 1.165) is 24.2 Å². The number of aromatic nitrogens is 1. The summed E-state index contributed by atoms with van der Waals surface area (Å²) >= 11 is 0. The standard InChI is InChI=1S/C18H22N2O/c1-12(2)13-5-3-7-16(10-13)21-18-15(11-19)9-14-6-4-8-17(14)20-18/h3,5,7,9-10,12H,4,6,8,11,19H2,1-2H3. The summed E-state index contributed by atoms with van der Waals surface area (Å²) in [4.78, 5) is 4.69. The lowest BCUT2D eigenvalue weighted by Crippen LogP contribution is -2.04. The van der Waals surface area contributed by atoms with Crippen molar-refractivity contribution in [1.82, 2.24) is 4.98 Å². The van der Waals surface area contributed by atoms with E-state index in [1.807, 2.05) is 12.1 Å². The summed E-state index contributed by atoms with van der Waals surface area (Å²) in [5.74, 6) is 1.98. The molecule has 3 rings (SSSR count). The molecule has 0 fully saturated rings. The predicted molar refractivity (Wildman–Crippen MR) is 84.8 cm³/mol. The highest BCUT2D eigenvalue weighted by Gasteiger charge is 2.17. The molecule has 1 heterocycles. The molecule has 3 heteroatoms. The number of nitrogens with zero attached hydrogens (tertiary/aromatic N) is 1. The van der Waals surface area contributed by atoms with Crippen molar-refractivity contribution in [3.63, 3.8) is 0 Å². The van der Waals surface area contributed by atoms with Crippen molar-refractivity contribution in [3.05, 3.63) is 52.7 Å². The largest absolute Gasteiger partial charge is 0.439 e. The van der Waals surface area contributed by atoms with Gasteiger partial charge >= 0.3 is 0 Å². The van der Waals surface area contributed by atoms with Gasteiger partial charge < -0.3 is 10.5 Å². The van der Waals surface area contributed by atoms with Crippen LogP contribution >= 0.6 is 0 Å². The molecule has 1 aromatic heterocycles. The number of ether oxygens (including phenoxy) is 1. The zero-order valence-corrected chi connectivity index (χ0v) is 12.7. The van der Waals surface area contributed by atoms with Crippen LogP contribution < -0.4 is 10.5 Å². The van der Waals surface area contributed by atoms with Crippen molar-refractivity contribution < 1.29 is 4.74 Å². The van der Waals surface area contributed by atoms with Crippen LogP contribution in [0.2, 0.25) is 0 Å². The summed E-state index contributed by atoms with van der Waals surface area (Å²) in [6, 6.07) is 10.4. The van der Waals surface area contributed by atoms with E-state index in [1.165, 1.54) is 23.2 Å². The van der Waals surface area contributed by atoms with E-state index >= 15 is 0 Å². The molecule has 0 saturated carbocycles. The van der Waals surface area contributed by atoms with E-state index in [9.17, 15) is 0 Å². The van der Waals surface area contributed by atoms with Crippen molar-refractivity contribution in [2.24, 2.45) is 5.73 Å². The Morgan fingerprint density at radius 1 is 1.24 bits per heavy atom. The molecule has 21 heavy (non-hydrogen) atoms.